The first-order valence-electron chi connectivity index (χ1n) is 18.6. The third-order valence-corrected chi connectivity index (χ3v) is 11.3. The first-order chi connectivity index (χ1) is 26.9. The minimum absolute atomic E-state index is 0.00737. The Kier molecular flexibility index (Phi) is 13.0. The maximum atomic E-state index is 10.3. The van der Waals surface area contributed by atoms with E-state index < -0.39 is 5.60 Å². The molecule has 1 atom stereocenters. The van der Waals surface area contributed by atoms with E-state index in [1.165, 1.54) is 37.7 Å². The number of nitrogens with zero attached hydrogens (tertiary/aromatic N) is 4. The molecule has 0 spiro atoms. The molecule has 1 aromatic heterocycles. The number of aliphatic hydroxyl groups is 2. The SMILES string of the molecule is CC1(c2ccc(C3CCCCC3)cc2)OC(=C(C#N)C#N)C(C#N)=C1/C=C/c1ccc(/C=C/c2ccc(N(CCO)CCO)cc2OCc2ccccc2)s1. The van der Waals surface area contributed by atoms with Crippen molar-refractivity contribution in [3.63, 3.8) is 0 Å². The van der Waals surface area contributed by atoms with Crippen LogP contribution in [0.15, 0.2) is 113 Å². The van der Waals surface area contributed by atoms with Crippen molar-refractivity contribution in [3.05, 3.63) is 145 Å². The van der Waals surface area contributed by atoms with Gasteiger partial charge in [-0.05, 0) is 84.9 Å². The minimum Gasteiger partial charge on any atom is -0.488 e. The number of nitriles is 3. The van der Waals surface area contributed by atoms with Crippen LogP contribution in [-0.4, -0.2) is 36.5 Å². The molecule has 9 heteroatoms. The van der Waals surface area contributed by atoms with Gasteiger partial charge in [0, 0.05) is 45.7 Å². The number of rotatable bonds is 14. The molecule has 0 radical (unpaired) electrons. The molecule has 0 saturated heterocycles. The summed E-state index contributed by atoms with van der Waals surface area (Å²) in [5.74, 6) is 1.22. The van der Waals surface area contributed by atoms with E-state index in [0.29, 0.717) is 36.9 Å². The van der Waals surface area contributed by atoms with Crippen molar-refractivity contribution in [3.8, 4) is 24.0 Å². The van der Waals surface area contributed by atoms with Crippen molar-refractivity contribution in [1.29, 1.82) is 15.8 Å². The molecule has 278 valence electrons. The van der Waals surface area contributed by atoms with Crippen molar-refractivity contribution in [2.24, 2.45) is 0 Å². The molecule has 6 rings (SSSR count). The largest absolute Gasteiger partial charge is 0.488 e. The van der Waals surface area contributed by atoms with Gasteiger partial charge >= 0.3 is 0 Å². The Balaban J connectivity index is 1.28. The van der Waals surface area contributed by atoms with Gasteiger partial charge in [0.15, 0.2) is 16.9 Å². The molecule has 0 amide bonds. The minimum atomic E-state index is -1.09. The van der Waals surface area contributed by atoms with Crippen molar-refractivity contribution in [2.75, 3.05) is 31.2 Å². The molecule has 55 heavy (non-hydrogen) atoms. The van der Waals surface area contributed by atoms with Gasteiger partial charge in [0.25, 0.3) is 0 Å². The lowest BCUT2D eigenvalue weighted by atomic mass is 9.81. The maximum Gasteiger partial charge on any atom is 0.172 e. The summed E-state index contributed by atoms with van der Waals surface area (Å²) in [6.45, 7) is 2.97. The van der Waals surface area contributed by atoms with Crippen LogP contribution in [0.2, 0.25) is 0 Å². The molecule has 4 aromatic rings. The Hall–Kier alpha value is -5.89. The fourth-order valence-electron chi connectivity index (χ4n) is 7.26. The van der Waals surface area contributed by atoms with Gasteiger partial charge in [0.05, 0.1) is 13.2 Å². The van der Waals surface area contributed by atoms with Crippen molar-refractivity contribution in [1.82, 2.24) is 0 Å². The van der Waals surface area contributed by atoms with Gasteiger partial charge in [-0.25, -0.2) is 0 Å². The monoisotopic (exact) mass is 748 g/mol. The Bertz CT molecular complexity index is 2190. The molecule has 0 bridgehead atoms. The second-order valence-electron chi connectivity index (χ2n) is 13.8. The zero-order valence-corrected chi connectivity index (χ0v) is 31.8. The summed E-state index contributed by atoms with van der Waals surface area (Å²) in [4.78, 5) is 3.85. The van der Waals surface area contributed by atoms with Gasteiger partial charge in [-0.2, -0.15) is 15.8 Å². The first-order valence-corrected chi connectivity index (χ1v) is 19.4. The molecule has 2 N–H and O–H groups in total. The number of aliphatic hydroxyl groups excluding tert-OH is 2. The van der Waals surface area contributed by atoms with Crippen molar-refractivity contribution in [2.45, 2.75) is 57.2 Å². The number of thiophene rings is 1. The third-order valence-electron chi connectivity index (χ3n) is 10.2. The molecular formula is C46H44N4O4S. The third kappa shape index (κ3) is 9.08. The normalized spacial score (nSPS) is 17.2. The van der Waals surface area contributed by atoms with Crippen LogP contribution >= 0.6 is 11.3 Å². The highest BCUT2D eigenvalue weighted by Crippen LogP contribution is 2.47. The van der Waals surface area contributed by atoms with Crippen LogP contribution in [0.1, 0.15) is 77.0 Å². The molecule has 2 aliphatic rings. The highest BCUT2D eigenvalue weighted by molar-refractivity contribution is 7.13. The smallest absolute Gasteiger partial charge is 0.172 e. The lowest BCUT2D eigenvalue weighted by molar-refractivity contribution is 0.0755. The van der Waals surface area contributed by atoms with E-state index in [0.717, 1.165) is 32.1 Å². The van der Waals surface area contributed by atoms with Gasteiger partial charge in [-0.1, -0.05) is 79.9 Å². The summed E-state index contributed by atoms with van der Waals surface area (Å²) in [6, 6.07) is 34.3. The molecule has 2 heterocycles. The summed E-state index contributed by atoms with van der Waals surface area (Å²) in [7, 11) is 0. The molecule has 1 fully saturated rings. The van der Waals surface area contributed by atoms with Crippen molar-refractivity contribution >= 4 is 35.3 Å². The zero-order valence-electron chi connectivity index (χ0n) is 30.9. The van der Waals surface area contributed by atoms with E-state index in [1.807, 2.05) is 121 Å². The summed E-state index contributed by atoms with van der Waals surface area (Å²) in [6.07, 6.45) is 14.0. The predicted octanol–water partition coefficient (Wildman–Crippen LogP) is 9.42. The lowest BCUT2D eigenvalue weighted by Crippen LogP contribution is -2.29. The van der Waals surface area contributed by atoms with Gasteiger partial charge in [0.2, 0.25) is 0 Å². The van der Waals surface area contributed by atoms with E-state index in [-0.39, 0.29) is 30.1 Å². The van der Waals surface area contributed by atoms with Gasteiger partial charge in [0.1, 0.15) is 36.1 Å². The maximum absolute atomic E-state index is 10.3. The fraction of sp³-hybridized carbons (Fsp3) is 0.283. The Morgan fingerprint density at radius 1 is 0.855 bits per heavy atom. The number of ether oxygens (including phenoxy) is 2. The Labute approximate surface area is 327 Å². The van der Waals surface area contributed by atoms with E-state index in [1.54, 1.807) is 11.3 Å². The molecule has 1 aliphatic carbocycles. The molecule has 1 aliphatic heterocycles. The molecule has 3 aromatic carbocycles. The number of hydrogen-bond acceptors (Lipinski definition) is 9. The van der Waals surface area contributed by atoms with Crippen LogP contribution in [0.4, 0.5) is 5.69 Å². The van der Waals surface area contributed by atoms with Gasteiger partial charge in [-0.15, -0.1) is 11.3 Å². The van der Waals surface area contributed by atoms with Crippen LogP contribution in [0.25, 0.3) is 18.2 Å². The summed E-state index contributed by atoms with van der Waals surface area (Å²) < 4.78 is 12.7. The van der Waals surface area contributed by atoms with Crippen LogP contribution in [-0.2, 0) is 16.9 Å². The van der Waals surface area contributed by atoms with Crippen LogP contribution < -0.4 is 9.64 Å². The molecule has 1 unspecified atom stereocenters. The van der Waals surface area contributed by atoms with Crippen molar-refractivity contribution < 1.29 is 19.7 Å². The van der Waals surface area contributed by atoms with Gasteiger partial charge in [-0.3, -0.25) is 0 Å². The highest BCUT2D eigenvalue weighted by atomic mass is 32.1. The number of hydrogen-bond donors (Lipinski definition) is 2. The molecule has 8 nitrogen and oxygen atoms in total. The van der Waals surface area contributed by atoms with E-state index in [9.17, 15) is 26.0 Å². The second kappa shape index (κ2) is 18.4. The molecule has 1 saturated carbocycles. The predicted molar refractivity (Wildman–Crippen MR) is 217 cm³/mol. The number of benzene rings is 3. The summed E-state index contributed by atoms with van der Waals surface area (Å²) >= 11 is 1.57. The Morgan fingerprint density at radius 3 is 2.16 bits per heavy atom. The van der Waals surface area contributed by atoms with E-state index in [4.69, 9.17) is 9.47 Å². The summed E-state index contributed by atoms with van der Waals surface area (Å²) in [5.41, 5.74) is 4.33. The lowest BCUT2D eigenvalue weighted by Gasteiger charge is -2.28. The highest BCUT2D eigenvalue weighted by Gasteiger charge is 2.44. The van der Waals surface area contributed by atoms with Crippen LogP contribution in [0, 0.1) is 34.0 Å². The topological polar surface area (TPSA) is 134 Å². The van der Waals surface area contributed by atoms with Crippen LogP contribution in [0.3, 0.4) is 0 Å². The van der Waals surface area contributed by atoms with E-state index in [2.05, 4.69) is 18.2 Å². The fourth-order valence-corrected chi connectivity index (χ4v) is 8.08. The standard InChI is InChI=1S/C46H44N4O4S/c1-46(38-16-12-35(13-17-38)34-10-6-3-7-11-34)43(42(31-49)45(54-46)37(29-47)30-48)23-22-41-21-20-40(55-41)19-15-36-14-18-39(50(24-26-51)25-27-52)28-44(36)53-32-33-8-4-2-5-9-33/h2,4-5,8-9,12-23,28,34,51-52H,3,6-7,10-11,24-27,32H2,1H3/b19-15+,23-22+. The average Bonchev–Trinajstić information content (AvgIpc) is 3.81. The number of anilines is 1. The Morgan fingerprint density at radius 2 is 1.53 bits per heavy atom. The number of allylic oxidation sites excluding steroid dienone is 2. The summed E-state index contributed by atoms with van der Waals surface area (Å²) in [5, 5.41) is 49.0. The second-order valence-corrected chi connectivity index (χ2v) is 14.9. The van der Waals surface area contributed by atoms with Gasteiger partial charge < -0.3 is 24.6 Å². The first kappa shape index (κ1) is 38.8. The van der Waals surface area contributed by atoms with Crippen LogP contribution in [0.5, 0.6) is 5.75 Å². The average molecular weight is 749 g/mol. The molecular weight excluding hydrogens is 705 g/mol. The zero-order chi connectivity index (χ0) is 38.6. The quantitative estimate of drug-likeness (QED) is 0.122. The van der Waals surface area contributed by atoms with E-state index >= 15 is 0 Å².